The molecule has 7 aromatic carbocycles. The van der Waals surface area contributed by atoms with Gasteiger partial charge in [0.1, 0.15) is 5.82 Å². The smallest absolute Gasteiger partial charge is 0.266 e. The average molecular weight is 629 g/mol. The number of benzene rings is 7. The van der Waals surface area contributed by atoms with E-state index in [-0.39, 0.29) is 5.56 Å². The highest BCUT2D eigenvalue weighted by atomic mass is 16.1. The topological polar surface area (TPSA) is 44.8 Å². The Hall–Kier alpha value is -6.72. The van der Waals surface area contributed by atoms with E-state index in [1.54, 1.807) is 4.57 Å². The highest BCUT2D eigenvalue weighted by molar-refractivity contribution is 6.26. The third kappa shape index (κ3) is 4.06. The first kappa shape index (κ1) is 27.4. The van der Waals surface area contributed by atoms with E-state index in [4.69, 9.17) is 4.98 Å². The summed E-state index contributed by atoms with van der Waals surface area (Å²) in [5.74, 6) is 0.609. The van der Waals surface area contributed by atoms with Crippen LogP contribution in [0.5, 0.6) is 0 Å². The second-order valence-corrected chi connectivity index (χ2v) is 12.4. The summed E-state index contributed by atoms with van der Waals surface area (Å²) in [7, 11) is 0. The van der Waals surface area contributed by atoms with Gasteiger partial charge in [-0.1, -0.05) is 91.0 Å². The van der Waals surface area contributed by atoms with Gasteiger partial charge in [0, 0.05) is 38.5 Å². The Morgan fingerprint density at radius 2 is 0.939 bits per heavy atom. The molecule has 230 valence electrons. The molecule has 0 saturated carbocycles. The fraction of sp³-hybridized carbons (Fsp3) is 0. The van der Waals surface area contributed by atoms with Crippen LogP contribution in [0.4, 0.5) is 0 Å². The lowest BCUT2D eigenvalue weighted by molar-refractivity contribution is 0.975. The molecule has 0 spiro atoms. The van der Waals surface area contributed by atoms with Crippen molar-refractivity contribution in [1.29, 1.82) is 0 Å². The Morgan fingerprint density at radius 1 is 0.388 bits per heavy atom. The molecular weight excluding hydrogens is 601 g/mol. The number of para-hydroxylation sites is 5. The number of hydrogen-bond acceptors (Lipinski definition) is 2. The molecule has 10 rings (SSSR count). The van der Waals surface area contributed by atoms with Crippen LogP contribution in [0.25, 0.3) is 83.0 Å². The maximum atomic E-state index is 13.9. The molecule has 5 nitrogen and oxygen atoms in total. The van der Waals surface area contributed by atoms with Crippen LogP contribution in [0.1, 0.15) is 0 Å². The molecule has 0 aliphatic heterocycles. The van der Waals surface area contributed by atoms with Crippen LogP contribution < -0.4 is 5.56 Å². The van der Waals surface area contributed by atoms with Crippen molar-refractivity contribution >= 4 is 54.5 Å². The van der Waals surface area contributed by atoms with Gasteiger partial charge in [-0.25, -0.2) is 4.98 Å². The zero-order chi connectivity index (χ0) is 32.5. The lowest BCUT2D eigenvalue weighted by Crippen LogP contribution is -2.21. The molecule has 0 atom stereocenters. The summed E-state index contributed by atoms with van der Waals surface area (Å²) >= 11 is 0. The highest BCUT2D eigenvalue weighted by Gasteiger charge is 2.21. The van der Waals surface area contributed by atoms with Crippen LogP contribution in [-0.4, -0.2) is 18.7 Å². The van der Waals surface area contributed by atoms with E-state index in [1.165, 1.54) is 32.6 Å². The minimum atomic E-state index is -0.0869. The Labute approximate surface area is 281 Å². The van der Waals surface area contributed by atoms with Gasteiger partial charge in [0.2, 0.25) is 0 Å². The van der Waals surface area contributed by atoms with Crippen molar-refractivity contribution in [2.45, 2.75) is 0 Å². The van der Waals surface area contributed by atoms with E-state index >= 15 is 0 Å². The molecule has 49 heavy (non-hydrogen) atoms. The second kappa shape index (κ2) is 10.7. The molecule has 0 saturated heterocycles. The van der Waals surface area contributed by atoms with Crippen LogP contribution in [0, 0.1) is 0 Å². The average Bonchev–Trinajstić information content (AvgIpc) is 3.69. The second-order valence-electron chi connectivity index (χ2n) is 12.4. The van der Waals surface area contributed by atoms with Crippen LogP contribution in [0.15, 0.2) is 175 Å². The van der Waals surface area contributed by atoms with E-state index in [9.17, 15) is 4.79 Å². The number of aromatic nitrogens is 4. The summed E-state index contributed by atoms with van der Waals surface area (Å²) in [6.07, 6.45) is 0. The SMILES string of the molecule is O=c1c2ccccc2nc(-c2ccc(-n3c4ccccc4c4c3ccc3c5ccccc5n(-c5ccccc5)c34)cc2)n1-c1ccccc1. The van der Waals surface area contributed by atoms with Gasteiger partial charge in [-0.3, -0.25) is 9.36 Å². The zero-order valence-electron chi connectivity index (χ0n) is 26.4. The fourth-order valence-electron chi connectivity index (χ4n) is 7.53. The van der Waals surface area contributed by atoms with Crippen LogP contribution in [0.2, 0.25) is 0 Å². The van der Waals surface area contributed by atoms with Crippen molar-refractivity contribution in [2.24, 2.45) is 0 Å². The third-order valence-electron chi connectivity index (χ3n) is 9.66. The third-order valence-corrected chi connectivity index (χ3v) is 9.66. The van der Waals surface area contributed by atoms with E-state index in [0.717, 1.165) is 33.7 Å². The number of fused-ring (bicyclic) bond motifs is 8. The largest absolute Gasteiger partial charge is 0.309 e. The molecule has 0 bridgehead atoms. The van der Waals surface area contributed by atoms with E-state index in [1.807, 2.05) is 54.6 Å². The van der Waals surface area contributed by atoms with Crippen molar-refractivity contribution < 1.29 is 0 Å². The summed E-state index contributed by atoms with van der Waals surface area (Å²) in [6.45, 7) is 0. The van der Waals surface area contributed by atoms with Gasteiger partial charge in [-0.05, 0) is 78.9 Å². The zero-order valence-corrected chi connectivity index (χ0v) is 26.4. The molecular formula is C44H28N4O. The number of rotatable bonds is 4. The molecule has 0 unspecified atom stereocenters. The molecule has 3 heterocycles. The summed E-state index contributed by atoms with van der Waals surface area (Å²) in [6, 6.07) is 58.2. The Morgan fingerprint density at radius 3 is 1.65 bits per heavy atom. The quantitative estimate of drug-likeness (QED) is 0.195. The van der Waals surface area contributed by atoms with Gasteiger partial charge >= 0.3 is 0 Å². The van der Waals surface area contributed by atoms with Crippen LogP contribution in [-0.2, 0) is 0 Å². The number of nitrogens with zero attached hydrogens (tertiary/aromatic N) is 4. The van der Waals surface area contributed by atoms with Gasteiger partial charge in [-0.15, -0.1) is 0 Å². The maximum Gasteiger partial charge on any atom is 0.266 e. The van der Waals surface area contributed by atoms with Crippen molar-refractivity contribution in [1.82, 2.24) is 18.7 Å². The van der Waals surface area contributed by atoms with Gasteiger partial charge in [0.05, 0.1) is 38.7 Å². The van der Waals surface area contributed by atoms with Crippen molar-refractivity contribution in [3.8, 4) is 28.5 Å². The Kier molecular flexibility index (Phi) is 5.96. The molecule has 0 aliphatic carbocycles. The van der Waals surface area contributed by atoms with Crippen molar-refractivity contribution in [2.75, 3.05) is 0 Å². The lowest BCUT2D eigenvalue weighted by atomic mass is 10.1. The summed E-state index contributed by atoms with van der Waals surface area (Å²) < 4.78 is 6.47. The monoisotopic (exact) mass is 628 g/mol. The summed E-state index contributed by atoms with van der Waals surface area (Å²) in [5.41, 5.74) is 9.05. The normalized spacial score (nSPS) is 11.8. The lowest BCUT2D eigenvalue weighted by Gasteiger charge is -2.15. The fourth-order valence-corrected chi connectivity index (χ4v) is 7.53. The van der Waals surface area contributed by atoms with Gasteiger partial charge in [-0.2, -0.15) is 0 Å². The Bertz CT molecular complexity index is 2930. The number of hydrogen-bond donors (Lipinski definition) is 0. The molecule has 10 aromatic rings. The first-order valence-electron chi connectivity index (χ1n) is 16.4. The van der Waals surface area contributed by atoms with Crippen LogP contribution in [0.3, 0.4) is 0 Å². The van der Waals surface area contributed by atoms with Gasteiger partial charge in [0.25, 0.3) is 5.56 Å². The molecule has 0 aliphatic rings. The summed E-state index contributed by atoms with van der Waals surface area (Å²) in [5, 5.41) is 5.46. The van der Waals surface area contributed by atoms with E-state index < -0.39 is 0 Å². The molecule has 5 heteroatoms. The molecule has 3 aromatic heterocycles. The minimum Gasteiger partial charge on any atom is -0.309 e. The molecule has 0 fully saturated rings. The van der Waals surface area contributed by atoms with E-state index in [0.29, 0.717) is 16.7 Å². The minimum absolute atomic E-state index is 0.0869. The van der Waals surface area contributed by atoms with E-state index in [2.05, 4.69) is 124 Å². The van der Waals surface area contributed by atoms with Gasteiger partial charge in [0.15, 0.2) is 0 Å². The summed E-state index contributed by atoms with van der Waals surface area (Å²) in [4.78, 5) is 18.9. The van der Waals surface area contributed by atoms with Crippen LogP contribution >= 0.6 is 0 Å². The maximum absolute atomic E-state index is 13.9. The highest BCUT2D eigenvalue weighted by Crippen LogP contribution is 2.42. The Balaban J connectivity index is 1.23. The molecule has 0 radical (unpaired) electrons. The van der Waals surface area contributed by atoms with Crippen molar-refractivity contribution in [3.63, 3.8) is 0 Å². The first-order chi connectivity index (χ1) is 24.3. The van der Waals surface area contributed by atoms with Gasteiger partial charge < -0.3 is 9.13 Å². The van der Waals surface area contributed by atoms with Crippen molar-refractivity contribution in [3.05, 3.63) is 180 Å². The molecule has 0 amide bonds. The molecule has 0 N–H and O–H groups in total. The predicted molar refractivity (Wildman–Crippen MR) is 201 cm³/mol. The standard InChI is InChI=1S/C44H28N4O/c49-44-35-18-7-10-20-37(35)45-43(48(44)31-15-5-2-6-16-31)29-23-25-32(26-24-29)46-39-22-12-9-19-36(39)41-40(46)28-27-34-33-17-8-11-21-38(33)47(42(34)41)30-13-3-1-4-14-30/h1-28H. The first-order valence-corrected chi connectivity index (χ1v) is 16.4. The predicted octanol–water partition coefficient (Wildman–Crippen LogP) is 10.2.